The molecule has 1 aliphatic rings. The second kappa shape index (κ2) is 7.43. The molecule has 0 spiro atoms. The van der Waals surface area contributed by atoms with Crippen molar-refractivity contribution < 1.29 is 14.3 Å². The molecule has 1 fully saturated rings. The average molecular weight is 292 g/mol. The zero-order valence-corrected chi connectivity index (χ0v) is 12.7. The Bertz CT molecular complexity index is 453. The molecule has 1 aliphatic heterocycles. The Balaban J connectivity index is 1.82. The van der Waals surface area contributed by atoms with Crippen LogP contribution in [0.2, 0.25) is 0 Å². The van der Waals surface area contributed by atoms with Crippen LogP contribution in [-0.4, -0.2) is 44.2 Å². The van der Waals surface area contributed by atoms with Gasteiger partial charge in [-0.05, 0) is 49.5 Å². The Kier molecular flexibility index (Phi) is 5.59. The molecule has 1 atom stereocenters. The van der Waals surface area contributed by atoms with Crippen LogP contribution in [0.15, 0.2) is 24.3 Å². The molecule has 5 heteroatoms. The van der Waals surface area contributed by atoms with Crippen molar-refractivity contribution in [2.75, 3.05) is 27.3 Å². The van der Waals surface area contributed by atoms with E-state index in [2.05, 4.69) is 17.0 Å². The smallest absolute Gasteiger partial charge is 0.322 e. The molecular formula is C16H24N2O3. The van der Waals surface area contributed by atoms with E-state index in [1.165, 1.54) is 12.7 Å². The first-order chi connectivity index (χ1) is 10.1. The lowest BCUT2D eigenvalue weighted by atomic mass is 9.89. The summed E-state index contributed by atoms with van der Waals surface area (Å²) in [7, 11) is 3.06. The number of hydrogen-bond donors (Lipinski definition) is 1. The molecule has 2 N–H and O–H groups in total. The van der Waals surface area contributed by atoms with Crippen molar-refractivity contribution in [2.24, 2.45) is 11.7 Å². The molecule has 1 heterocycles. The summed E-state index contributed by atoms with van der Waals surface area (Å²) in [6, 6.07) is 7.65. The third-order valence-corrected chi connectivity index (χ3v) is 4.18. The number of ether oxygens (including phenoxy) is 2. The normalized spacial score (nSPS) is 18.2. The zero-order chi connectivity index (χ0) is 15.2. The number of benzene rings is 1. The minimum atomic E-state index is -0.488. The minimum absolute atomic E-state index is 0.226. The van der Waals surface area contributed by atoms with Crippen molar-refractivity contribution in [3.05, 3.63) is 29.8 Å². The summed E-state index contributed by atoms with van der Waals surface area (Å²) in [5, 5.41) is 0. The molecule has 1 saturated heterocycles. The van der Waals surface area contributed by atoms with Crippen LogP contribution in [-0.2, 0) is 16.1 Å². The quantitative estimate of drug-likeness (QED) is 0.831. The van der Waals surface area contributed by atoms with E-state index in [9.17, 15) is 4.79 Å². The number of rotatable bonds is 5. The van der Waals surface area contributed by atoms with Gasteiger partial charge in [0.15, 0.2) is 0 Å². The summed E-state index contributed by atoms with van der Waals surface area (Å²) in [6.45, 7) is 2.84. The highest BCUT2D eigenvalue weighted by Crippen LogP contribution is 2.22. The highest BCUT2D eigenvalue weighted by molar-refractivity contribution is 5.75. The fourth-order valence-electron chi connectivity index (χ4n) is 2.79. The van der Waals surface area contributed by atoms with Crippen LogP contribution < -0.4 is 10.5 Å². The molecule has 1 unspecified atom stereocenters. The van der Waals surface area contributed by atoms with Gasteiger partial charge in [0.25, 0.3) is 0 Å². The zero-order valence-electron chi connectivity index (χ0n) is 12.7. The number of carbonyl (C=O) groups excluding carboxylic acids is 1. The molecule has 1 aromatic rings. The van der Waals surface area contributed by atoms with Gasteiger partial charge in [-0.15, -0.1) is 0 Å². The summed E-state index contributed by atoms with van der Waals surface area (Å²) >= 11 is 0. The number of esters is 1. The Hall–Kier alpha value is -1.59. The van der Waals surface area contributed by atoms with Gasteiger partial charge < -0.3 is 15.2 Å². The number of likely N-dealkylation sites (tertiary alicyclic amines) is 1. The first-order valence-corrected chi connectivity index (χ1v) is 7.32. The van der Waals surface area contributed by atoms with Gasteiger partial charge in [0.1, 0.15) is 11.8 Å². The van der Waals surface area contributed by atoms with Crippen LogP contribution in [0.3, 0.4) is 0 Å². The van der Waals surface area contributed by atoms with E-state index in [1.54, 1.807) is 7.11 Å². The van der Waals surface area contributed by atoms with Crippen LogP contribution in [0.4, 0.5) is 0 Å². The lowest BCUT2D eigenvalue weighted by Gasteiger charge is -2.33. The Morgan fingerprint density at radius 3 is 2.43 bits per heavy atom. The van der Waals surface area contributed by atoms with Gasteiger partial charge in [0.05, 0.1) is 14.2 Å². The van der Waals surface area contributed by atoms with Crippen LogP contribution in [0.25, 0.3) is 0 Å². The van der Waals surface area contributed by atoms with Crippen LogP contribution in [0, 0.1) is 5.92 Å². The predicted molar refractivity (Wildman–Crippen MR) is 81.0 cm³/mol. The molecule has 5 nitrogen and oxygen atoms in total. The fourth-order valence-corrected chi connectivity index (χ4v) is 2.79. The predicted octanol–water partition coefficient (Wildman–Crippen LogP) is 1.41. The van der Waals surface area contributed by atoms with Gasteiger partial charge in [-0.25, -0.2) is 0 Å². The standard InChI is InChI=1S/C16H24N2O3/c1-20-14-5-3-12(4-6-14)11-18-9-7-13(8-10-18)15(17)16(19)21-2/h3-6,13,15H,7-11,17H2,1-2H3. The van der Waals surface area contributed by atoms with Crippen molar-refractivity contribution in [1.82, 2.24) is 4.90 Å². The maximum Gasteiger partial charge on any atom is 0.322 e. The molecule has 0 aromatic heterocycles. The molecule has 2 rings (SSSR count). The van der Waals surface area contributed by atoms with E-state index in [-0.39, 0.29) is 11.9 Å². The van der Waals surface area contributed by atoms with Crippen LogP contribution >= 0.6 is 0 Å². The molecule has 0 bridgehead atoms. The number of carbonyl (C=O) groups is 1. The van der Waals surface area contributed by atoms with Crippen molar-refractivity contribution in [1.29, 1.82) is 0 Å². The maximum absolute atomic E-state index is 11.5. The number of nitrogens with zero attached hydrogens (tertiary/aromatic N) is 1. The number of methoxy groups -OCH3 is 2. The number of nitrogens with two attached hydrogens (primary N) is 1. The second-order valence-electron chi connectivity index (χ2n) is 5.51. The van der Waals surface area contributed by atoms with Gasteiger partial charge in [-0.3, -0.25) is 9.69 Å². The molecular weight excluding hydrogens is 268 g/mol. The van der Waals surface area contributed by atoms with E-state index < -0.39 is 6.04 Å². The SMILES string of the molecule is COC(=O)C(N)C1CCN(Cc2ccc(OC)cc2)CC1. The van der Waals surface area contributed by atoms with Gasteiger partial charge in [0, 0.05) is 6.54 Å². The van der Waals surface area contributed by atoms with E-state index in [0.717, 1.165) is 38.2 Å². The second-order valence-corrected chi connectivity index (χ2v) is 5.51. The number of hydrogen-bond acceptors (Lipinski definition) is 5. The molecule has 0 aliphatic carbocycles. The number of piperidine rings is 1. The first-order valence-electron chi connectivity index (χ1n) is 7.32. The summed E-state index contributed by atoms with van der Waals surface area (Å²) < 4.78 is 9.88. The Labute approximate surface area is 126 Å². The van der Waals surface area contributed by atoms with Gasteiger partial charge in [-0.2, -0.15) is 0 Å². The molecule has 21 heavy (non-hydrogen) atoms. The van der Waals surface area contributed by atoms with Crippen LogP contribution in [0.5, 0.6) is 5.75 Å². The van der Waals surface area contributed by atoms with Crippen molar-refractivity contribution >= 4 is 5.97 Å². The van der Waals surface area contributed by atoms with Gasteiger partial charge >= 0.3 is 5.97 Å². The highest BCUT2D eigenvalue weighted by atomic mass is 16.5. The average Bonchev–Trinajstić information content (AvgIpc) is 2.55. The van der Waals surface area contributed by atoms with E-state index >= 15 is 0 Å². The molecule has 0 amide bonds. The van der Waals surface area contributed by atoms with Crippen molar-refractivity contribution in [3.8, 4) is 5.75 Å². The first kappa shape index (κ1) is 15.8. The topological polar surface area (TPSA) is 64.8 Å². The maximum atomic E-state index is 11.5. The van der Waals surface area contributed by atoms with Gasteiger partial charge in [0.2, 0.25) is 0 Å². The summed E-state index contributed by atoms with van der Waals surface area (Å²) in [5.41, 5.74) is 7.20. The van der Waals surface area contributed by atoms with Crippen molar-refractivity contribution in [3.63, 3.8) is 0 Å². The molecule has 1 aromatic carbocycles. The summed E-state index contributed by atoms with van der Waals surface area (Å²) in [4.78, 5) is 13.9. The fraction of sp³-hybridized carbons (Fsp3) is 0.562. The summed E-state index contributed by atoms with van der Waals surface area (Å²) in [6.07, 6.45) is 1.87. The third-order valence-electron chi connectivity index (χ3n) is 4.18. The van der Waals surface area contributed by atoms with E-state index in [1.807, 2.05) is 12.1 Å². The largest absolute Gasteiger partial charge is 0.497 e. The highest BCUT2D eigenvalue weighted by Gasteiger charge is 2.29. The lowest BCUT2D eigenvalue weighted by Crippen LogP contribution is -2.45. The van der Waals surface area contributed by atoms with E-state index in [4.69, 9.17) is 15.2 Å². The minimum Gasteiger partial charge on any atom is -0.497 e. The van der Waals surface area contributed by atoms with E-state index in [0.29, 0.717) is 0 Å². The molecule has 0 radical (unpaired) electrons. The van der Waals surface area contributed by atoms with Crippen molar-refractivity contribution in [2.45, 2.75) is 25.4 Å². The summed E-state index contributed by atoms with van der Waals surface area (Å²) in [5.74, 6) is 0.801. The monoisotopic (exact) mass is 292 g/mol. The van der Waals surface area contributed by atoms with Crippen LogP contribution in [0.1, 0.15) is 18.4 Å². The molecule has 116 valence electrons. The Morgan fingerprint density at radius 1 is 1.29 bits per heavy atom. The third kappa shape index (κ3) is 4.19. The lowest BCUT2D eigenvalue weighted by molar-refractivity contribution is -0.144. The molecule has 0 saturated carbocycles. The van der Waals surface area contributed by atoms with Gasteiger partial charge in [-0.1, -0.05) is 12.1 Å². The Morgan fingerprint density at radius 2 is 1.90 bits per heavy atom.